The molecule has 2 N–H and O–H groups in total. The second-order valence-corrected chi connectivity index (χ2v) is 6.33. The maximum atomic E-state index is 12.7. The average molecular weight is 325 g/mol. The number of carbonyl (C=O) groups is 1. The van der Waals surface area contributed by atoms with E-state index in [0.717, 1.165) is 18.5 Å². The monoisotopic (exact) mass is 325 g/mol. The van der Waals surface area contributed by atoms with Gasteiger partial charge in [-0.1, -0.05) is 6.07 Å². The minimum atomic E-state index is -1.16. The van der Waals surface area contributed by atoms with Crippen molar-refractivity contribution in [1.29, 1.82) is 0 Å². The van der Waals surface area contributed by atoms with Crippen LogP contribution in [0.25, 0.3) is 5.65 Å². The topological polar surface area (TPSA) is 79.8 Å². The van der Waals surface area contributed by atoms with Crippen molar-refractivity contribution in [2.45, 2.75) is 25.4 Å². The molecule has 0 aromatic carbocycles. The highest BCUT2D eigenvalue weighted by molar-refractivity contribution is 5.94. The first kappa shape index (κ1) is 15.0. The van der Waals surface area contributed by atoms with Crippen LogP contribution in [0.3, 0.4) is 0 Å². The van der Waals surface area contributed by atoms with Crippen molar-refractivity contribution < 1.29 is 14.3 Å². The molecule has 24 heavy (non-hydrogen) atoms. The highest BCUT2D eigenvalue weighted by Gasteiger charge is 2.47. The number of rotatable bonds is 5. The van der Waals surface area contributed by atoms with Gasteiger partial charge in [-0.05, 0) is 49.9 Å². The number of hydrogen-bond acceptors (Lipinski definition) is 4. The number of hydrogen-bond donors (Lipinski definition) is 2. The van der Waals surface area contributed by atoms with E-state index in [4.69, 9.17) is 4.42 Å². The highest BCUT2D eigenvalue weighted by Crippen LogP contribution is 2.45. The van der Waals surface area contributed by atoms with Crippen molar-refractivity contribution in [3.8, 4) is 0 Å². The second kappa shape index (κ2) is 5.49. The maximum Gasteiger partial charge on any atom is 0.270 e. The number of imidazole rings is 1. The molecule has 124 valence electrons. The summed E-state index contributed by atoms with van der Waals surface area (Å²) in [6.45, 7) is 1.92. The summed E-state index contributed by atoms with van der Waals surface area (Å²) in [5, 5.41) is 13.9. The largest absolute Gasteiger partial charge is 0.466 e. The summed E-state index contributed by atoms with van der Waals surface area (Å²) < 4.78 is 7.16. The Morgan fingerprint density at radius 1 is 1.42 bits per heavy atom. The minimum absolute atomic E-state index is 0.115. The Hall–Kier alpha value is -2.60. The standard InChI is InChI=1S/C18H19N3O3/c1-12-16(21-9-3-2-6-15(21)20-12)17(22)19-11-18(23,13-7-8-13)14-5-4-10-24-14/h2-6,9-10,13,23H,7-8,11H2,1H3,(H,19,22)/t18-/m0/s1. The van der Waals surface area contributed by atoms with E-state index in [1.54, 1.807) is 22.8 Å². The Morgan fingerprint density at radius 3 is 2.96 bits per heavy atom. The molecule has 0 spiro atoms. The van der Waals surface area contributed by atoms with Crippen LogP contribution in [0.5, 0.6) is 0 Å². The van der Waals surface area contributed by atoms with Gasteiger partial charge < -0.3 is 14.8 Å². The van der Waals surface area contributed by atoms with E-state index in [2.05, 4.69) is 10.3 Å². The van der Waals surface area contributed by atoms with Crippen LogP contribution in [-0.2, 0) is 5.60 Å². The summed E-state index contributed by atoms with van der Waals surface area (Å²) >= 11 is 0. The Bertz CT molecular complexity index is 880. The SMILES string of the molecule is Cc1nc2ccccn2c1C(=O)NC[C@@](O)(c1ccco1)C1CC1. The Morgan fingerprint density at radius 2 is 2.25 bits per heavy atom. The first-order chi connectivity index (χ1) is 11.6. The summed E-state index contributed by atoms with van der Waals surface area (Å²) in [6.07, 6.45) is 5.21. The fourth-order valence-electron chi connectivity index (χ4n) is 3.20. The number of aromatic nitrogens is 2. The lowest BCUT2D eigenvalue weighted by atomic mass is 9.94. The molecular weight excluding hydrogens is 306 g/mol. The molecule has 0 bridgehead atoms. The highest BCUT2D eigenvalue weighted by atomic mass is 16.4. The van der Waals surface area contributed by atoms with Gasteiger partial charge in [-0.3, -0.25) is 9.20 Å². The van der Waals surface area contributed by atoms with Gasteiger partial charge in [0.05, 0.1) is 18.5 Å². The molecule has 6 heteroatoms. The third-order valence-corrected chi connectivity index (χ3v) is 4.64. The number of nitrogens with zero attached hydrogens (tertiary/aromatic N) is 2. The molecule has 3 aromatic heterocycles. The molecular formula is C18H19N3O3. The molecule has 0 radical (unpaired) electrons. The van der Waals surface area contributed by atoms with Crippen LogP contribution in [0.15, 0.2) is 47.2 Å². The van der Waals surface area contributed by atoms with Crippen LogP contribution in [-0.4, -0.2) is 26.9 Å². The quantitative estimate of drug-likeness (QED) is 0.754. The van der Waals surface area contributed by atoms with Crippen molar-refractivity contribution in [2.75, 3.05) is 6.54 Å². The van der Waals surface area contributed by atoms with E-state index >= 15 is 0 Å². The number of amides is 1. The zero-order valence-electron chi connectivity index (χ0n) is 13.4. The molecule has 1 amide bonds. The average Bonchev–Trinajstić information content (AvgIpc) is 3.18. The van der Waals surface area contributed by atoms with Gasteiger partial charge in [0.1, 0.15) is 22.7 Å². The lowest BCUT2D eigenvalue weighted by molar-refractivity contribution is -0.00616. The fourth-order valence-corrected chi connectivity index (χ4v) is 3.20. The lowest BCUT2D eigenvalue weighted by Gasteiger charge is -2.26. The van der Waals surface area contributed by atoms with Crippen LogP contribution in [0, 0.1) is 12.8 Å². The number of carbonyl (C=O) groups excluding carboxylic acids is 1. The van der Waals surface area contributed by atoms with Crippen LogP contribution in [0.1, 0.15) is 34.8 Å². The lowest BCUT2D eigenvalue weighted by Crippen LogP contribution is -2.42. The number of aliphatic hydroxyl groups is 1. The van der Waals surface area contributed by atoms with Gasteiger partial charge in [0.15, 0.2) is 0 Å². The van der Waals surface area contributed by atoms with E-state index < -0.39 is 5.60 Å². The normalized spacial score (nSPS) is 16.9. The molecule has 3 aromatic rings. The second-order valence-electron chi connectivity index (χ2n) is 6.33. The van der Waals surface area contributed by atoms with Gasteiger partial charge in [-0.2, -0.15) is 0 Å². The molecule has 4 rings (SSSR count). The molecule has 0 saturated heterocycles. The summed E-state index contributed by atoms with van der Waals surface area (Å²) in [5.74, 6) is 0.365. The van der Waals surface area contributed by atoms with Crippen LogP contribution in [0.4, 0.5) is 0 Å². The predicted molar refractivity (Wildman–Crippen MR) is 87.6 cm³/mol. The Labute approximate surface area is 139 Å². The molecule has 1 fully saturated rings. The van der Waals surface area contributed by atoms with E-state index in [1.807, 2.05) is 31.3 Å². The van der Waals surface area contributed by atoms with Crippen molar-refractivity contribution in [1.82, 2.24) is 14.7 Å². The van der Waals surface area contributed by atoms with E-state index in [9.17, 15) is 9.90 Å². The van der Waals surface area contributed by atoms with Crippen LogP contribution >= 0.6 is 0 Å². The summed E-state index contributed by atoms with van der Waals surface area (Å²) in [5.41, 5.74) is 0.714. The molecule has 1 aliphatic carbocycles. The molecule has 6 nitrogen and oxygen atoms in total. The van der Waals surface area contributed by atoms with Crippen molar-refractivity contribution in [3.05, 3.63) is 59.9 Å². The van der Waals surface area contributed by atoms with Gasteiger partial charge >= 0.3 is 0 Å². The third-order valence-electron chi connectivity index (χ3n) is 4.64. The van der Waals surface area contributed by atoms with E-state index in [0.29, 0.717) is 17.1 Å². The first-order valence-electron chi connectivity index (χ1n) is 8.08. The van der Waals surface area contributed by atoms with E-state index in [1.165, 1.54) is 0 Å². The van der Waals surface area contributed by atoms with Gasteiger partial charge in [-0.25, -0.2) is 4.98 Å². The molecule has 3 heterocycles. The number of furan rings is 1. The van der Waals surface area contributed by atoms with Gasteiger partial charge in [-0.15, -0.1) is 0 Å². The predicted octanol–water partition coefficient (Wildman–Crippen LogP) is 2.26. The minimum Gasteiger partial charge on any atom is -0.466 e. The molecule has 1 atom stereocenters. The van der Waals surface area contributed by atoms with Crippen molar-refractivity contribution in [2.24, 2.45) is 5.92 Å². The Kier molecular flexibility index (Phi) is 3.42. The van der Waals surface area contributed by atoms with Gasteiger partial charge in [0.2, 0.25) is 0 Å². The molecule has 0 aliphatic heterocycles. The zero-order valence-corrected chi connectivity index (χ0v) is 13.4. The summed E-state index contributed by atoms with van der Waals surface area (Å²) in [6, 6.07) is 9.09. The number of fused-ring (bicyclic) bond motifs is 1. The molecule has 1 saturated carbocycles. The molecule has 1 aliphatic rings. The maximum absolute atomic E-state index is 12.7. The number of pyridine rings is 1. The first-order valence-corrected chi connectivity index (χ1v) is 8.08. The number of nitrogens with one attached hydrogen (secondary N) is 1. The van der Waals surface area contributed by atoms with Crippen molar-refractivity contribution in [3.63, 3.8) is 0 Å². The molecule has 0 unspecified atom stereocenters. The third kappa shape index (κ3) is 2.39. The zero-order chi connectivity index (χ0) is 16.7. The van der Waals surface area contributed by atoms with Gasteiger partial charge in [0, 0.05) is 6.20 Å². The summed E-state index contributed by atoms with van der Waals surface area (Å²) in [7, 11) is 0. The smallest absolute Gasteiger partial charge is 0.270 e. The van der Waals surface area contributed by atoms with E-state index in [-0.39, 0.29) is 18.4 Å². The van der Waals surface area contributed by atoms with Gasteiger partial charge in [0.25, 0.3) is 5.91 Å². The van der Waals surface area contributed by atoms with Crippen LogP contribution in [0.2, 0.25) is 0 Å². The fraction of sp³-hybridized carbons (Fsp3) is 0.333. The summed E-state index contributed by atoms with van der Waals surface area (Å²) in [4.78, 5) is 17.1. The van der Waals surface area contributed by atoms with Crippen LogP contribution < -0.4 is 5.32 Å². The Balaban J connectivity index is 1.58. The number of aryl methyl sites for hydroxylation is 1. The van der Waals surface area contributed by atoms with Crippen molar-refractivity contribution >= 4 is 11.6 Å².